The Labute approximate surface area is 286 Å². The number of amides is 2. The highest BCUT2D eigenvalue weighted by molar-refractivity contribution is 6.74. The van der Waals surface area contributed by atoms with Crippen LogP contribution in [0.3, 0.4) is 0 Å². The van der Waals surface area contributed by atoms with Gasteiger partial charge in [-0.25, -0.2) is 9.78 Å². The number of hydrogen-bond donors (Lipinski definition) is 1. The Balaban J connectivity index is 1.78. The summed E-state index contributed by atoms with van der Waals surface area (Å²) >= 11 is 6.11. The van der Waals surface area contributed by atoms with Crippen LogP contribution < -0.4 is 0 Å². The fourth-order valence-corrected chi connectivity index (χ4v) is 5.96. The Morgan fingerprint density at radius 3 is 2.17 bits per heavy atom. The number of aromatic nitrogens is 2. The van der Waals surface area contributed by atoms with Gasteiger partial charge in [0.1, 0.15) is 10.8 Å². The molecule has 0 aliphatic carbocycles. The van der Waals surface area contributed by atoms with Crippen molar-refractivity contribution in [3.8, 4) is 0 Å². The molecule has 2 atom stereocenters. The van der Waals surface area contributed by atoms with Gasteiger partial charge in [-0.05, 0) is 89.0 Å². The molecule has 9 nitrogen and oxygen atoms in total. The van der Waals surface area contributed by atoms with Crippen molar-refractivity contribution in [3.63, 3.8) is 0 Å². The Hall–Kier alpha value is -3.31. The molecular formula is C36H51ClN4O5Si-. The molecule has 1 unspecified atom stereocenters. The van der Waals surface area contributed by atoms with E-state index in [1.807, 2.05) is 45.0 Å². The Morgan fingerprint density at radius 2 is 1.62 bits per heavy atom. The van der Waals surface area contributed by atoms with Crippen molar-refractivity contribution >= 4 is 31.9 Å². The van der Waals surface area contributed by atoms with Gasteiger partial charge in [0, 0.05) is 44.3 Å². The molecule has 0 aliphatic heterocycles. The summed E-state index contributed by atoms with van der Waals surface area (Å²) < 4.78 is 12.7. The Morgan fingerprint density at radius 1 is 0.957 bits per heavy atom. The monoisotopic (exact) mass is 682 g/mol. The van der Waals surface area contributed by atoms with Crippen molar-refractivity contribution in [2.24, 2.45) is 0 Å². The normalized spacial score (nSPS) is 13.5. The summed E-state index contributed by atoms with van der Waals surface area (Å²) in [4.78, 5) is 38.5. The van der Waals surface area contributed by atoms with Crippen molar-refractivity contribution in [3.05, 3.63) is 94.0 Å². The van der Waals surface area contributed by atoms with Crippen LogP contribution in [0.1, 0.15) is 93.3 Å². The predicted octanol–water partition coefficient (Wildman–Crippen LogP) is 8.00. The van der Waals surface area contributed by atoms with Gasteiger partial charge in [0.2, 0.25) is 0 Å². The van der Waals surface area contributed by atoms with Crippen LogP contribution in [0.5, 0.6) is 0 Å². The highest BCUT2D eigenvalue weighted by Gasteiger charge is 2.31. The molecule has 2 heterocycles. The van der Waals surface area contributed by atoms with Crippen LogP contribution in [0.25, 0.3) is 0 Å². The number of benzene rings is 1. The lowest BCUT2D eigenvalue weighted by Gasteiger charge is -2.51. The van der Waals surface area contributed by atoms with E-state index in [4.69, 9.17) is 20.8 Å². The quantitative estimate of drug-likeness (QED) is 0.152. The molecule has 1 aromatic carbocycles. The van der Waals surface area contributed by atoms with E-state index >= 15 is 0 Å². The van der Waals surface area contributed by atoms with Crippen LogP contribution in [-0.4, -0.2) is 70.9 Å². The molecule has 2 aromatic heterocycles. The SMILES string of the molecule is CC(O)c1cncc(CN(C)C(=O)c2ccc(CCN(C[C@H](O[Si-](C)(C)C(C)(C)C)c3ccc(Cl)nc3)C(=O)OC(C)(C)C)cc2)c1. The molecule has 0 bridgehead atoms. The first kappa shape index (κ1) is 38.1. The van der Waals surface area contributed by atoms with Crippen molar-refractivity contribution in [2.45, 2.75) is 97.4 Å². The van der Waals surface area contributed by atoms with E-state index in [0.717, 1.165) is 16.7 Å². The second-order valence-corrected chi connectivity index (χ2v) is 19.8. The van der Waals surface area contributed by atoms with Crippen LogP contribution >= 0.6 is 11.6 Å². The first-order chi connectivity index (χ1) is 21.8. The highest BCUT2D eigenvalue weighted by atomic mass is 35.5. The number of pyridine rings is 2. The first-order valence-electron chi connectivity index (χ1n) is 16.0. The molecule has 1 N–H and O–H groups in total. The van der Waals surface area contributed by atoms with E-state index in [1.54, 1.807) is 60.6 Å². The first-order valence-corrected chi connectivity index (χ1v) is 19.3. The third-order valence-electron chi connectivity index (χ3n) is 8.34. The molecular weight excluding hydrogens is 632 g/mol. The summed E-state index contributed by atoms with van der Waals surface area (Å²) in [5.41, 5.74) is 3.24. The molecule has 0 saturated carbocycles. The van der Waals surface area contributed by atoms with Crippen LogP contribution in [0, 0.1) is 0 Å². The van der Waals surface area contributed by atoms with Crippen molar-refractivity contribution in [1.29, 1.82) is 0 Å². The lowest BCUT2D eigenvalue weighted by atomic mass is 10.1. The predicted molar refractivity (Wildman–Crippen MR) is 189 cm³/mol. The topological polar surface area (TPSA) is 105 Å². The summed E-state index contributed by atoms with van der Waals surface area (Å²) in [7, 11) is -0.511. The fourth-order valence-electron chi connectivity index (χ4n) is 4.57. The third-order valence-corrected chi connectivity index (χ3v) is 13.0. The molecule has 47 heavy (non-hydrogen) atoms. The van der Waals surface area contributed by atoms with E-state index in [2.05, 4.69) is 43.8 Å². The van der Waals surface area contributed by atoms with Gasteiger partial charge in [-0.2, -0.15) is 0 Å². The van der Waals surface area contributed by atoms with Crippen molar-refractivity contribution in [1.82, 2.24) is 19.8 Å². The minimum atomic E-state index is -2.25. The molecule has 3 rings (SSSR count). The van der Waals surface area contributed by atoms with Crippen molar-refractivity contribution < 1.29 is 23.9 Å². The third kappa shape index (κ3) is 11.4. The summed E-state index contributed by atoms with van der Waals surface area (Å²) in [6, 6.07) is 12.9. The summed E-state index contributed by atoms with van der Waals surface area (Å²) in [5.74, 6) is -0.128. The van der Waals surface area contributed by atoms with E-state index in [-0.39, 0.29) is 17.5 Å². The lowest BCUT2D eigenvalue weighted by Crippen LogP contribution is -2.46. The van der Waals surface area contributed by atoms with E-state index in [9.17, 15) is 14.7 Å². The molecule has 0 saturated heterocycles. The van der Waals surface area contributed by atoms with Crippen LogP contribution in [0.4, 0.5) is 4.79 Å². The number of nitrogens with zero attached hydrogens (tertiary/aromatic N) is 4. The second-order valence-electron chi connectivity index (χ2n) is 14.6. The molecule has 3 aromatic rings. The maximum Gasteiger partial charge on any atom is 0.410 e. The smallest absolute Gasteiger partial charge is 0.410 e. The van der Waals surface area contributed by atoms with E-state index < -0.39 is 32.2 Å². The fraction of sp³-hybridized carbons (Fsp3) is 0.500. The zero-order valence-corrected chi connectivity index (χ0v) is 31.3. The number of aliphatic hydroxyl groups excluding tert-OH is 1. The molecule has 0 spiro atoms. The van der Waals surface area contributed by atoms with Gasteiger partial charge in [0.05, 0.1) is 18.8 Å². The maximum absolute atomic E-state index is 13.5. The van der Waals surface area contributed by atoms with Gasteiger partial charge in [-0.15, -0.1) is 18.1 Å². The number of hydrogen-bond acceptors (Lipinski definition) is 7. The average molecular weight is 683 g/mol. The lowest BCUT2D eigenvalue weighted by molar-refractivity contribution is 0.0158. The summed E-state index contributed by atoms with van der Waals surface area (Å²) in [5, 5.41) is 10.2. The molecule has 0 fully saturated rings. The van der Waals surface area contributed by atoms with Gasteiger partial charge in [0.25, 0.3) is 5.91 Å². The van der Waals surface area contributed by atoms with Crippen LogP contribution in [0.2, 0.25) is 23.3 Å². The van der Waals surface area contributed by atoms with E-state index in [0.29, 0.717) is 35.8 Å². The highest BCUT2D eigenvalue weighted by Crippen LogP contribution is 2.40. The summed E-state index contributed by atoms with van der Waals surface area (Å²) in [6.07, 6.45) is 4.08. The Kier molecular flexibility index (Phi) is 12.8. The van der Waals surface area contributed by atoms with Gasteiger partial charge in [0.15, 0.2) is 0 Å². The van der Waals surface area contributed by atoms with Gasteiger partial charge < -0.3 is 24.1 Å². The molecule has 0 radical (unpaired) electrons. The van der Waals surface area contributed by atoms with Crippen LogP contribution in [-0.2, 0) is 22.1 Å². The molecule has 257 valence electrons. The zero-order chi connectivity index (χ0) is 35.2. The number of carbonyl (C=O) groups is 2. The maximum atomic E-state index is 13.5. The van der Waals surface area contributed by atoms with Gasteiger partial charge in [-0.3, -0.25) is 9.78 Å². The van der Waals surface area contributed by atoms with E-state index in [1.165, 1.54) is 0 Å². The minimum absolute atomic E-state index is 0.0476. The Bertz CT molecular complexity index is 1480. The number of carbonyl (C=O) groups excluding carboxylic acids is 2. The number of ether oxygens (including phenoxy) is 1. The molecule has 2 amide bonds. The van der Waals surface area contributed by atoms with Gasteiger partial charge >= 0.3 is 6.09 Å². The average Bonchev–Trinajstić information content (AvgIpc) is 2.97. The second kappa shape index (κ2) is 15.7. The standard InChI is InChI=1S/C36H51ClN4O5Si/c1-25(42)30-19-27(20-38-21-30)23-40(8)33(43)28-13-11-26(12-14-28)17-18-41(34(44)45-35(2,3)4)24-31(29-15-16-32(37)39-22-29)46-47(9,10)36(5,6)7/h11-16,19-22,25,31,42H,17-18,23-24H2,1-10H3/q-1/t25?,31-/m0/s1. The van der Waals surface area contributed by atoms with Crippen molar-refractivity contribution in [2.75, 3.05) is 20.1 Å². The zero-order valence-electron chi connectivity index (χ0n) is 29.5. The van der Waals surface area contributed by atoms with Gasteiger partial charge in [-0.1, -0.05) is 50.6 Å². The minimum Gasteiger partial charge on any atom is -0.558 e. The number of aliphatic hydroxyl groups is 1. The van der Waals surface area contributed by atoms with Crippen LogP contribution in [0.15, 0.2) is 61.1 Å². The number of halogens is 1. The molecule has 11 heteroatoms. The molecule has 0 aliphatic rings. The number of rotatable bonds is 12. The largest absolute Gasteiger partial charge is 0.558 e. The summed E-state index contributed by atoms with van der Waals surface area (Å²) in [6.45, 7) is 19.2.